The number of hydrogen-bond acceptors (Lipinski definition) is 2. The highest BCUT2D eigenvalue weighted by Gasteiger charge is 2.51. The van der Waals surface area contributed by atoms with E-state index in [4.69, 9.17) is 16.7 Å². The van der Waals surface area contributed by atoms with E-state index < -0.39 is 11.4 Å². The van der Waals surface area contributed by atoms with Gasteiger partial charge < -0.3 is 10.0 Å². The molecule has 0 atom stereocenters. The van der Waals surface area contributed by atoms with Gasteiger partial charge in [-0.3, -0.25) is 4.79 Å². The minimum absolute atomic E-state index is 0.520. The number of anilines is 1. The molecule has 0 aromatic heterocycles. The molecular formula is C12H14ClNO2. The minimum Gasteiger partial charge on any atom is -0.481 e. The molecule has 3 nitrogen and oxygen atoms in total. The fourth-order valence-electron chi connectivity index (χ4n) is 1.89. The summed E-state index contributed by atoms with van der Waals surface area (Å²) in [6.07, 6.45) is 1.52. The van der Waals surface area contributed by atoms with Gasteiger partial charge in [-0.25, -0.2) is 0 Å². The summed E-state index contributed by atoms with van der Waals surface area (Å²) < 4.78 is 0. The summed E-state index contributed by atoms with van der Waals surface area (Å²) >= 11 is 6.06. The number of hydrogen-bond donors (Lipinski definition) is 1. The summed E-state index contributed by atoms with van der Waals surface area (Å²) in [7, 11) is 1.88. The first kappa shape index (κ1) is 11.3. The zero-order valence-corrected chi connectivity index (χ0v) is 9.87. The van der Waals surface area contributed by atoms with Gasteiger partial charge in [-0.2, -0.15) is 0 Å². The Morgan fingerprint density at radius 2 is 2.12 bits per heavy atom. The zero-order chi connectivity index (χ0) is 11.8. The first-order valence-electron chi connectivity index (χ1n) is 5.24. The van der Waals surface area contributed by atoms with Gasteiger partial charge >= 0.3 is 5.97 Å². The van der Waals surface area contributed by atoms with Crippen LogP contribution in [-0.4, -0.2) is 24.7 Å². The van der Waals surface area contributed by atoms with E-state index in [-0.39, 0.29) is 0 Å². The lowest BCUT2D eigenvalue weighted by Gasteiger charge is -2.24. The second-order valence-corrected chi connectivity index (χ2v) is 4.80. The first-order chi connectivity index (χ1) is 7.55. The third kappa shape index (κ3) is 2.00. The van der Waals surface area contributed by atoms with Crippen LogP contribution in [0.4, 0.5) is 5.69 Å². The van der Waals surface area contributed by atoms with Crippen LogP contribution in [0.5, 0.6) is 0 Å². The van der Waals surface area contributed by atoms with Gasteiger partial charge in [0.05, 0.1) is 16.1 Å². The van der Waals surface area contributed by atoms with E-state index in [1.165, 1.54) is 0 Å². The highest BCUT2D eigenvalue weighted by molar-refractivity contribution is 6.33. The molecule has 1 aromatic rings. The van der Waals surface area contributed by atoms with Gasteiger partial charge in [0.1, 0.15) is 0 Å². The van der Waals surface area contributed by atoms with Crippen LogP contribution in [-0.2, 0) is 4.79 Å². The van der Waals surface area contributed by atoms with Gasteiger partial charge in [-0.15, -0.1) is 0 Å². The van der Waals surface area contributed by atoms with Gasteiger partial charge in [0.2, 0.25) is 0 Å². The Kier molecular flexibility index (Phi) is 2.80. The number of aliphatic carboxylic acids is 1. The normalized spacial score (nSPS) is 16.9. The largest absolute Gasteiger partial charge is 0.481 e. The van der Waals surface area contributed by atoms with Crippen molar-refractivity contribution in [2.24, 2.45) is 5.41 Å². The molecule has 1 aliphatic rings. The number of carbonyl (C=O) groups is 1. The molecule has 0 bridgehead atoms. The number of nitrogens with zero attached hydrogens (tertiary/aromatic N) is 1. The molecule has 1 aromatic carbocycles. The standard InChI is InChI=1S/C12H14ClNO2/c1-14(8-12(6-7-12)11(15)16)10-5-3-2-4-9(10)13/h2-5H,6-8H2,1H3,(H,15,16). The Hall–Kier alpha value is -1.22. The van der Waals surface area contributed by atoms with Crippen LogP contribution in [0.2, 0.25) is 5.02 Å². The molecule has 1 N–H and O–H groups in total. The monoisotopic (exact) mass is 239 g/mol. The number of halogens is 1. The number of para-hydroxylation sites is 1. The molecule has 86 valence electrons. The second-order valence-electron chi connectivity index (χ2n) is 4.39. The summed E-state index contributed by atoms with van der Waals surface area (Å²) in [5.74, 6) is -0.702. The van der Waals surface area contributed by atoms with Crippen molar-refractivity contribution < 1.29 is 9.90 Å². The number of rotatable bonds is 4. The highest BCUT2D eigenvalue weighted by Crippen LogP contribution is 2.47. The van der Waals surface area contributed by atoms with Crippen molar-refractivity contribution >= 4 is 23.3 Å². The molecule has 0 aliphatic heterocycles. The molecule has 0 spiro atoms. The van der Waals surface area contributed by atoms with E-state index in [1.807, 2.05) is 36.2 Å². The zero-order valence-electron chi connectivity index (χ0n) is 9.11. The molecule has 4 heteroatoms. The van der Waals surface area contributed by atoms with Crippen LogP contribution in [0.15, 0.2) is 24.3 Å². The molecule has 0 saturated heterocycles. The van der Waals surface area contributed by atoms with Crippen LogP contribution >= 0.6 is 11.6 Å². The van der Waals surface area contributed by atoms with Crippen molar-refractivity contribution in [3.63, 3.8) is 0 Å². The number of carboxylic acid groups (broad SMARTS) is 1. The lowest BCUT2D eigenvalue weighted by atomic mass is 10.1. The van der Waals surface area contributed by atoms with Gasteiger partial charge in [-0.05, 0) is 25.0 Å². The molecule has 0 heterocycles. The molecule has 1 saturated carbocycles. The topological polar surface area (TPSA) is 40.5 Å². The summed E-state index contributed by atoms with van der Waals surface area (Å²) in [4.78, 5) is 13.0. The predicted octanol–water partition coefficient (Wildman–Crippen LogP) is 2.64. The van der Waals surface area contributed by atoms with Crippen LogP contribution in [0.25, 0.3) is 0 Å². The molecule has 16 heavy (non-hydrogen) atoms. The lowest BCUT2D eigenvalue weighted by molar-refractivity contribution is -0.142. The first-order valence-corrected chi connectivity index (χ1v) is 5.62. The SMILES string of the molecule is CN(CC1(C(=O)O)CC1)c1ccccc1Cl. The molecule has 0 unspecified atom stereocenters. The maximum Gasteiger partial charge on any atom is 0.311 e. The van der Waals surface area contributed by atoms with E-state index in [2.05, 4.69) is 0 Å². The summed E-state index contributed by atoms with van der Waals surface area (Å²) in [5, 5.41) is 9.77. The Morgan fingerprint density at radius 1 is 1.50 bits per heavy atom. The van der Waals surface area contributed by atoms with Crippen molar-refractivity contribution in [1.82, 2.24) is 0 Å². The maximum absolute atomic E-state index is 11.1. The van der Waals surface area contributed by atoms with Crippen LogP contribution < -0.4 is 4.90 Å². The van der Waals surface area contributed by atoms with Crippen molar-refractivity contribution in [3.05, 3.63) is 29.3 Å². The molecule has 0 radical (unpaired) electrons. The van der Waals surface area contributed by atoms with Crippen molar-refractivity contribution in [2.75, 3.05) is 18.5 Å². The van der Waals surface area contributed by atoms with Gasteiger partial charge in [0.25, 0.3) is 0 Å². The van der Waals surface area contributed by atoms with Crippen LogP contribution in [0.3, 0.4) is 0 Å². The van der Waals surface area contributed by atoms with E-state index in [1.54, 1.807) is 0 Å². The fraction of sp³-hybridized carbons (Fsp3) is 0.417. The Morgan fingerprint density at radius 3 is 2.62 bits per heavy atom. The number of carboxylic acids is 1. The molecule has 1 aliphatic carbocycles. The third-order valence-corrected chi connectivity index (χ3v) is 3.43. The minimum atomic E-state index is -0.702. The van der Waals surface area contributed by atoms with Gasteiger partial charge in [0.15, 0.2) is 0 Å². The van der Waals surface area contributed by atoms with Gasteiger partial charge in [0, 0.05) is 13.6 Å². The maximum atomic E-state index is 11.1. The van der Waals surface area contributed by atoms with Crippen molar-refractivity contribution in [3.8, 4) is 0 Å². The molecule has 2 rings (SSSR count). The number of benzene rings is 1. The van der Waals surface area contributed by atoms with E-state index in [0.717, 1.165) is 18.5 Å². The van der Waals surface area contributed by atoms with Gasteiger partial charge in [-0.1, -0.05) is 23.7 Å². The highest BCUT2D eigenvalue weighted by atomic mass is 35.5. The molecule has 1 fully saturated rings. The summed E-state index contributed by atoms with van der Waals surface area (Å²) in [6.45, 7) is 0.520. The Balaban J connectivity index is 2.12. The molecule has 0 amide bonds. The smallest absolute Gasteiger partial charge is 0.311 e. The van der Waals surface area contributed by atoms with Crippen molar-refractivity contribution in [1.29, 1.82) is 0 Å². The third-order valence-electron chi connectivity index (χ3n) is 3.11. The van der Waals surface area contributed by atoms with Crippen LogP contribution in [0, 0.1) is 5.41 Å². The van der Waals surface area contributed by atoms with E-state index in [9.17, 15) is 4.79 Å². The van der Waals surface area contributed by atoms with Crippen molar-refractivity contribution in [2.45, 2.75) is 12.8 Å². The fourth-order valence-corrected chi connectivity index (χ4v) is 2.17. The Bertz CT molecular complexity index is 415. The predicted molar refractivity (Wildman–Crippen MR) is 64.0 cm³/mol. The Labute approximate surface area is 99.6 Å². The summed E-state index contributed by atoms with van der Waals surface area (Å²) in [5.41, 5.74) is 0.338. The van der Waals surface area contributed by atoms with Crippen LogP contribution in [0.1, 0.15) is 12.8 Å². The average molecular weight is 240 g/mol. The lowest BCUT2D eigenvalue weighted by Crippen LogP contribution is -2.31. The average Bonchev–Trinajstić information content (AvgIpc) is 2.99. The quantitative estimate of drug-likeness (QED) is 0.878. The molecular weight excluding hydrogens is 226 g/mol. The van der Waals surface area contributed by atoms with E-state index in [0.29, 0.717) is 11.6 Å². The second kappa shape index (κ2) is 3.98. The van der Waals surface area contributed by atoms with E-state index >= 15 is 0 Å². The summed E-state index contributed by atoms with van der Waals surface area (Å²) in [6, 6.07) is 7.48.